The summed E-state index contributed by atoms with van der Waals surface area (Å²) in [7, 11) is 0. The number of nitrogens with zero attached hydrogens (tertiary/aromatic N) is 3. The minimum Gasteiger partial charge on any atom is -0.298 e. The molecule has 0 spiro atoms. The van der Waals surface area contributed by atoms with Gasteiger partial charge in [0.15, 0.2) is 11.3 Å². The fraction of sp³-hybridized carbons (Fsp3) is 0.211. The zero-order valence-electron chi connectivity index (χ0n) is 14.3. The maximum atomic E-state index is 12.8. The van der Waals surface area contributed by atoms with E-state index < -0.39 is 0 Å². The molecule has 1 amide bonds. The highest BCUT2D eigenvalue weighted by Gasteiger charge is 2.34. The zero-order chi connectivity index (χ0) is 17.6. The summed E-state index contributed by atoms with van der Waals surface area (Å²) < 4.78 is 0. The van der Waals surface area contributed by atoms with Gasteiger partial charge in [0.1, 0.15) is 5.70 Å². The van der Waals surface area contributed by atoms with Crippen molar-refractivity contribution in [3.63, 3.8) is 0 Å². The van der Waals surface area contributed by atoms with Gasteiger partial charge in [0.25, 0.3) is 5.91 Å². The van der Waals surface area contributed by atoms with Crippen LogP contribution in [0, 0.1) is 13.8 Å². The number of amides is 1. The van der Waals surface area contributed by atoms with Crippen molar-refractivity contribution in [3.05, 3.63) is 69.7 Å². The summed E-state index contributed by atoms with van der Waals surface area (Å²) in [6.07, 6.45) is 1.55. The van der Waals surface area contributed by atoms with Crippen molar-refractivity contribution >= 4 is 28.5 Å². The Bertz CT molecular complexity index is 1030. The molecule has 4 rings (SSSR count). The second-order valence-corrected chi connectivity index (χ2v) is 6.93. The molecular formula is C19H18N4OS. The number of hydrazone groups is 1. The maximum absolute atomic E-state index is 12.8. The number of carbonyl (C=O) groups is 1. The number of hydrogen-bond donors (Lipinski definition) is 1. The smallest absolute Gasteiger partial charge is 0.276 e. The summed E-state index contributed by atoms with van der Waals surface area (Å²) in [6.45, 7) is 4.12. The first-order chi connectivity index (χ1) is 12.1. The van der Waals surface area contributed by atoms with Gasteiger partial charge in [-0.1, -0.05) is 53.7 Å². The van der Waals surface area contributed by atoms with E-state index in [1.54, 1.807) is 5.01 Å². The minimum absolute atomic E-state index is 0.142. The van der Waals surface area contributed by atoms with Crippen LogP contribution in [0.15, 0.2) is 52.6 Å². The molecule has 0 saturated carbocycles. The SMILES string of the molecule is CSC1=NN2C(=c3ccccc3=N[C@@H]2c2cc(C)ccc2C)C(=O)N1. The summed E-state index contributed by atoms with van der Waals surface area (Å²) >= 11 is 1.41. The van der Waals surface area contributed by atoms with Crippen molar-refractivity contribution in [3.8, 4) is 0 Å². The maximum Gasteiger partial charge on any atom is 0.276 e. The Hall–Kier alpha value is -2.60. The fourth-order valence-corrected chi connectivity index (χ4v) is 3.52. The number of benzene rings is 2. The molecule has 0 unspecified atom stereocenters. The van der Waals surface area contributed by atoms with E-state index in [1.807, 2.05) is 30.5 Å². The van der Waals surface area contributed by atoms with Gasteiger partial charge in [-0.25, -0.2) is 5.01 Å². The normalized spacial score (nSPS) is 18.8. The van der Waals surface area contributed by atoms with Crippen molar-refractivity contribution < 1.29 is 4.79 Å². The van der Waals surface area contributed by atoms with Gasteiger partial charge in [-0.2, -0.15) is 0 Å². The van der Waals surface area contributed by atoms with E-state index in [0.717, 1.165) is 27.3 Å². The van der Waals surface area contributed by atoms with Crippen molar-refractivity contribution in [1.82, 2.24) is 10.3 Å². The van der Waals surface area contributed by atoms with E-state index >= 15 is 0 Å². The molecule has 6 heteroatoms. The lowest BCUT2D eigenvalue weighted by molar-refractivity contribution is -0.116. The van der Waals surface area contributed by atoms with Crippen LogP contribution in [0.5, 0.6) is 0 Å². The molecule has 1 N–H and O–H groups in total. The number of hydrogen-bond acceptors (Lipinski definition) is 5. The quantitative estimate of drug-likeness (QED) is 0.853. The monoisotopic (exact) mass is 350 g/mol. The lowest BCUT2D eigenvalue weighted by Gasteiger charge is -2.34. The van der Waals surface area contributed by atoms with E-state index in [-0.39, 0.29) is 12.1 Å². The molecule has 5 nitrogen and oxygen atoms in total. The lowest BCUT2D eigenvalue weighted by Crippen LogP contribution is -2.50. The van der Waals surface area contributed by atoms with Crippen LogP contribution in [0.3, 0.4) is 0 Å². The van der Waals surface area contributed by atoms with E-state index in [2.05, 4.69) is 42.5 Å². The van der Waals surface area contributed by atoms with E-state index in [0.29, 0.717) is 10.9 Å². The van der Waals surface area contributed by atoms with Crippen LogP contribution in [0.1, 0.15) is 22.9 Å². The van der Waals surface area contributed by atoms with E-state index in [1.165, 1.54) is 11.8 Å². The van der Waals surface area contributed by atoms with Gasteiger partial charge in [0.2, 0.25) is 0 Å². The second-order valence-electron chi connectivity index (χ2n) is 6.14. The highest BCUT2D eigenvalue weighted by Crippen LogP contribution is 2.32. The molecule has 0 radical (unpaired) electrons. The highest BCUT2D eigenvalue weighted by molar-refractivity contribution is 8.13. The van der Waals surface area contributed by atoms with Crippen LogP contribution >= 0.6 is 11.8 Å². The third-order valence-electron chi connectivity index (χ3n) is 4.42. The van der Waals surface area contributed by atoms with Crippen molar-refractivity contribution in [2.75, 3.05) is 6.26 Å². The number of thioether (sulfide) groups is 1. The molecule has 1 atom stereocenters. The number of para-hydroxylation sites is 1. The number of nitrogens with one attached hydrogen (secondary N) is 1. The Kier molecular flexibility index (Phi) is 3.84. The first-order valence-corrected chi connectivity index (χ1v) is 9.28. The molecule has 25 heavy (non-hydrogen) atoms. The van der Waals surface area contributed by atoms with Crippen molar-refractivity contribution in [2.24, 2.45) is 10.1 Å². The fourth-order valence-electron chi connectivity index (χ4n) is 3.16. The number of amidine groups is 1. The van der Waals surface area contributed by atoms with Gasteiger partial charge in [-0.15, -0.1) is 5.10 Å². The van der Waals surface area contributed by atoms with Crippen LogP contribution in [-0.4, -0.2) is 22.3 Å². The Morgan fingerprint density at radius 2 is 1.96 bits per heavy atom. The van der Waals surface area contributed by atoms with Crippen LogP contribution in [0.4, 0.5) is 0 Å². The average molecular weight is 350 g/mol. The molecule has 0 aromatic heterocycles. The van der Waals surface area contributed by atoms with Crippen LogP contribution in [0.2, 0.25) is 0 Å². The molecular weight excluding hydrogens is 332 g/mol. The molecule has 2 aromatic carbocycles. The summed E-state index contributed by atoms with van der Waals surface area (Å²) in [6, 6.07) is 14.0. The molecule has 0 saturated heterocycles. The van der Waals surface area contributed by atoms with Gasteiger partial charge in [-0.05, 0) is 31.7 Å². The van der Waals surface area contributed by atoms with Crippen molar-refractivity contribution in [1.29, 1.82) is 0 Å². The van der Waals surface area contributed by atoms with E-state index in [9.17, 15) is 4.79 Å². The van der Waals surface area contributed by atoms with Gasteiger partial charge < -0.3 is 0 Å². The summed E-state index contributed by atoms with van der Waals surface area (Å²) in [5.74, 6) is -0.142. The molecule has 2 aromatic rings. The largest absolute Gasteiger partial charge is 0.298 e. The van der Waals surface area contributed by atoms with Gasteiger partial charge in [0.05, 0.1) is 5.36 Å². The zero-order valence-corrected chi connectivity index (χ0v) is 15.1. The Morgan fingerprint density at radius 3 is 2.76 bits per heavy atom. The lowest BCUT2D eigenvalue weighted by atomic mass is 10.0. The number of carbonyl (C=O) groups excluding carboxylic acids is 1. The van der Waals surface area contributed by atoms with Gasteiger partial charge in [0, 0.05) is 10.8 Å². The topological polar surface area (TPSA) is 57.1 Å². The molecule has 2 heterocycles. The first-order valence-electron chi connectivity index (χ1n) is 8.06. The van der Waals surface area contributed by atoms with Gasteiger partial charge in [-0.3, -0.25) is 15.1 Å². The molecule has 0 aliphatic carbocycles. The van der Waals surface area contributed by atoms with Crippen LogP contribution < -0.4 is 15.9 Å². The van der Waals surface area contributed by atoms with Crippen LogP contribution in [-0.2, 0) is 4.79 Å². The summed E-state index contributed by atoms with van der Waals surface area (Å²) in [5, 5.41) is 11.5. The highest BCUT2D eigenvalue weighted by atomic mass is 32.2. The number of aryl methyl sites for hydroxylation is 2. The summed E-state index contributed by atoms with van der Waals surface area (Å²) in [4.78, 5) is 17.7. The number of fused-ring (bicyclic) bond motifs is 2. The third kappa shape index (κ3) is 2.62. The minimum atomic E-state index is -0.349. The molecule has 2 aliphatic rings. The predicted molar refractivity (Wildman–Crippen MR) is 100 cm³/mol. The summed E-state index contributed by atoms with van der Waals surface area (Å²) in [5.41, 5.74) is 3.90. The molecule has 0 bridgehead atoms. The third-order valence-corrected chi connectivity index (χ3v) is 4.99. The van der Waals surface area contributed by atoms with E-state index in [4.69, 9.17) is 4.99 Å². The Morgan fingerprint density at radius 1 is 1.16 bits per heavy atom. The average Bonchev–Trinajstić information content (AvgIpc) is 2.62. The molecule has 0 fully saturated rings. The van der Waals surface area contributed by atoms with Crippen LogP contribution in [0.25, 0.3) is 5.70 Å². The van der Waals surface area contributed by atoms with Gasteiger partial charge >= 0.3 is 0 Å². The first kappa shape index (κ1) is 15.9. The predicted octanol–water partition coefficient (Wildman–Crippen LogP) is 1.81. The molecule has 126 valence electrons. The Balaban J connectivity index is 2.02. The molecule has 2 aliphatic heterocycles. The van der Waals surface area contributed by atoms with Crippen molar-refractivity contribution in [2.45, 2.75) is 20.0 Å². The standard InChI is InChI=1S/C19H18N4OS/c1-11-8-9-12(2)14(10-11)17-20-15-7-5-4-6-13(15)16-18(24)21-19(25-3)22-23(16)17/h4-10,17H,1-3H3,(H,21,22,24)/t17-/m0/s1. The number of rotatable bonds is 1. The second kappa shape index (κ2) is 6.04. The Labute approximate surface area is 150 Å².